The molecule has 1 aromatic rings. The van der Waals surface area contributed by atoms with Gasteiger partial charge in [-0.2, -0.15) is 0 Å². The number of hydrogen-bond acceptors (Lipinski definition) is 4. The van der Waals surface area contributed by atoms with Gasteiger partial charge in [-0.05, 0) is 39.1 Å². The molecule has 0 bridgehead atoms. The highest BCUT2D eigenvalue weighted by Crippen LogP contribution is 2.20. The number of anilines is 1. The van der Waals surface area contributed by atoms with Crippen LogP contribution in [0.3, 0.4) is 0 Å². The summed E-state index contributed by atoms with van der Waals surface area (Å²) >= 11 is 0. The second-order valence-electron chi connectivity index (χ2n) is 4.91. The molecule has 1 unspecified atom stereocenters. The van der Waals surface area contributed by atoms with Crippen LogP contribution in [0.4, 0.5) is 5.82 Å². The molecule has 1 aliphatic rings. The van der Waals surface area contributed by atoms with Gasteiger partial charge in [-0.3, -0.25) is 0 Å². The Morgan fingerprint density at radius 3 is 3.00 bits per heavy atom. The van der Waals surface area contributed by atoms with Crippen molar-refractivity contribution < 1.29 is 9.90 Å². The molecule has 2 heterocycles. The van der Waals surface area contributed by atoms with Crippen molar-refractivity contribution in [1.29, 1.82) is 0 Å². The first-order valence-electron chi connectivity index (χ1n) is 6.18. The van der Waals surface area contributed by atoms with Crippen LogP contribution in [0.15, 0.2) is 18.3 Å². The molecule has 2 rings (SSSR count). The Balaban J connectivity index is 2.15. The molecule has 1 aliphatic heterocycles. The Morgan fingerprint density at radius 1 is 1.56 bits per heavy atom. The van der Waals surface area contributed by atoms with E-state index in [2.05, 4.69) is 28.9 Å². The summed E-state index contributed by atoms with van der Waals surface area (Å²) in [5.41, 5.74) is 0.298. The number of aromatic carboxylic acids is 1. The third-order valence-electron chi connectivity index (χ3n) is 3.44. The molecule has 0 aliphatic carbocycles. The number of carbonyl (C=O) groups is 1. The average molecular weight is 249 g/mol. The van der Waals surface area contributed by atoms with Crippen LogP contribution < -0.4 is 4.90 Å². The van der Waals surface area contributed by atoms with Gasteiger partial charge in [0.25, 0.3) is 0 Å². The molecule has 1 aromatic heterocycles. The fourth-order valence-corrected chi connectivity index (χ4v) is 2.31. The lowest BCUT2D eigenvalue weighted by atomic mass is 10.0. The summed E-state index contributed by atoms with van der Waals surface area (Å²) in [4.78, 5) is 19.6. The van der Waals surface area contributed by atoms with Crippen molar-refractivity contribution in [1.82, 2.24) is 9.88 Å². The number of nitrogens with zero attached hydrogens (tertiary/aromatic N) is 3. The first-order chi connectivity index (χ1) is 8.58. The molecule has 0 saturated carbocycles. The number of rotatable bonds is 3. The van der Waals surface area contributed by atoms with Crippen molar-refractivity contribution in [2.75, 3.05) is 32.1 Å². The molecular weight excluding hydrogens is 230 g/mol. The number of carboxylic acids is 1. The van der Waals surface area contributed by atoms with Crippen LogP contribution in [0.1, 0.15) is 23.2 Å². The Hall–Kier alpha value is -1.62. The molecule has 1 saturated heterocycles. The maximum absolute atomic E-state index is 11.0. The van der Waals surface area contributed by atoms with Gasteiger partial charge in [0.2, 0.25) is 0 Å². The monoisotopic (exact) mass is 249 g/mol. The minimum atomic E-state index is -0.903. The molecule has 5 heteroatoms. The maximum atomic E-state index is 11.0. The van der Waals surface area contributed by atoms with Crippen molar-refractivity contribution in [3.63, 3.8) is 0 Å². The predicted molar refractivity (Wildman–Crippen MR) is 70.1 cm³/mol. The summed E-state index contributed by atoms with van der Waals surface area (Å²) in [7, 11) is 4.16. The lowest BCUT2D eigenvalue weighted by molar-refractivity contribution is 0.0697. The van der Waals surface area contributed by atoms with Gasteiger partial charge in [0, 0.05) is 25.3 Å². The van der Waals surface area contributed by atoms with Gasteiger partial charge in [0.15, 0.2) is 0 Å². The zero-order valence-electron chi connectivity index (χ0n) is 10.8. The average Bonchev–Trinajstić information content (AvgIpc) is 2.39. The number of carboxylic acid groups (broad SMARTS) is 1. The number of likely N-dealkylation sites (N-methyl/N-ethyl adjacent to an activating group) is 1. The van der Waals surface area contributed by atoms with E-state index in [9.17, 15) is 4.79 Å². The standard InChI is InChI=1S/C13H19N3O2/c1-15(2)11-4-3-7-16(9-11)12-8-10(13(17)18)5-6-14-12/h5-6,8,11H,3-4,7,9H2,1-2H3,(H,17,18). The fraction of sp³-hybridized carbons (Fsp3) is 0.538. The zero-order chi connectivity index (χ0) is 13.1. The van der Waals surface area contributed by atoms with E-state index in [1.54, 1.807) is 12.3 Å². The second-order valence-corrected chi connectivity index (χ2v) is 4.91. The van der Waals surface area contributed by atoms with Crippen molar-refractivity contribution in [3.8, 4) is 0 Å². The molecule has 1 fully saturated rings. The highest BCUT2D eigenvalue weighted by atomic mass is 16.4. The van der Waals surface area contributed by atoms with Crippen LogP contribution >= 0.6 is 0 Å². The molecule has 1 atom stereocenters. The van der Waals surface area contributed by atoms with Crippen LogP contribution in [0.5, 0.6) is 0 Å². The smallest absolute Gasteiger partial charge is 0.335 e. The lowest BCUT2D eigenvalue weighted by Gasteiger charge is -2.36. The Kier molecular flexibility index (Phi) is 3.81. The SMILES string of the molecule is CN(C)C1CCCN(c2cc(C(=O)O)ccn2)C1. The van der Waals surface area contributed by atoms with Crippen LogP contribution in [0, 0.1) is 0 Å². The molecule has 0 aromatic carbocycles. The summed E-state index contributed by atoms with van der Waals surface area (Å²) in [6.45, 7) is 1.85. The van der Waals surface area contributed by atoms with Gasteiger partial charge in [-0.15, -0.1) is 0 Å². The highest BCUT2D eigenvalue weighted by Gasteiger charge is 2.22. The maximum Gasteiger partial charge on any atom is 0.335 e. The molecule has 98 valence electrons. The van der Waals surface area contributed by atoms with Crippen molar-refractivity contribution in [2.24, 2.45) is 0 Å². The summed E-state index contributed by atoms with van der Waals surface area (Å²) in [5.74, 6) is -0.138. The summed E-state index contributed by atoms with van der Waals surface area (Å²) in [6.07, 6.45) is 3.86. The third-order valence-corrected chi connectivity index (χ3v) is 3.44. The van der Waals surface area contributed by atoms with Crippen molar-refractivity contribution in [3.05, 3.63) is 23.9 Å². The third kappa shape index (κ3) is 2.79. The number of pyridine rings is 1. The molecule has 0 spiro atoms. The van der Waals surface area contributed by atoms with E-state index in [4.69, 9.17) is 5.11 Å². The minimum absolute atomic E-state index is 0.298. The minimum Gasteiger partial charge on any atom is -0.478 e. The van der Waals surface area contributed by atoms with Crippen molar-refractivity contribution in [2.45, 2.75) is 18.9 Å². The Labute approximate surface area is 107 Å². The zero-order valence-corrected chi connectivity index (χ0v) is 10.8. The summed E-state index contributed by atoms with van der Waals surface area (Å²) in [6, 6.07) is 3.69. The van der Waals surface area contributed by atoms with Gasteiger partial charge in [0.1, 0.15) is 5.82 Å². The number of hydrogen-bond donors (Lipinski definition) is 1. The molecular formula is C13H19N3O2. The number of piperidine rings is 1. The van der Waals surface area contributed by atoms with E-state index in [0.29, 0.717) is 11.6 Å². The highest BCUT2D eigenvalue weighted by molar-refractivity contribution is 5.88. The van der Waals surface area contributed by atoms with Gasteiger partial charge < -0.3 is 14.9 Å². The molecule has 18 heavy (non-hydrogen) atoms. The summed E-state index contributed by atoms with van der Waals surface area (Å²) < 4.78 is 0. The van der Waals surface area contributed by atoms with E-state index in [0.717, 1.165) is 25.3 Å². The first kappa shape index (κ1) is 12.8. The van der Waals surface area contributed by atoms with E-state index in [1.165, 1.54) is 12.5 Å². The predicted octanol–water partition coefficient (Wildman–Crippen LogP) is 1.31. The van der Waals surface area contributed by atoms with Gasteiger partial charge in [-0.25, -0.2) is 9.78 Å². The van der Waals surface area contributed by atoms with E-state index < -0.39 is 5.97 Å². The topological polar surface area (TPSA) is 56.7 Å². The second kappa shape index (κ2) is 5.35. The quantitative estimate of drug-likeness (QED) is 0.875. The largest absolute Gasteiger partial charge is 0.478 e. The van der Waals surface area contributed by atoms with Gasteiger partial charge >= 0.3 is 5.97 Å². The van der Waals surface area contributed by atoms with Crippen molar-refractivity contribution >= 4 is 11.8 Å². The first-order valence-corrected chi connectivity index (χ1v) is 6.18. The van der Waals surface area contributed by atoms with Crippen LogP contribution in [0.2, 0.25) is 0 Å². The van der Waals surface area contributed by atoms with Crippen LogP contribution in [-0.2, 0) is 0 Å². The van der Waals surface area contributed by atoms with E-state index in [1.807, 2.05) is 0 Å². The Morgan fingerprint density at radius 2 is 2.33 bits per heavy atom. The van der Waals surface area contributed by atoms with Gasteiger partial charge in [0.05, 0.1) is 5.56 Å². The van der Waals surface area contributed by atoms with Crippen LogP contribution in [0.25, 0.3) is 0 Å². The van der Waals surface area contributed by atoms with E-state index in [-0.39, 0.29) is 0 Å². The normalized spacial score (nSPS) is 20.2. The van der Waals surface area contributed by atoms with Crippen LogP contribution in [-0.4, -0.2) is 54.2 Å². The Bertz CT molecular complexity index is 434. The van der Waals surface area contributed by atoms with Gasteiger partial charge in [-0.1, -0.05) is 0 Å². The lowest BCUT2D eigenvalue weighted by Crippen LogP contribution is -2.45. The molecule has 0 radical (unpaired) electrons. The van der Waals surface area contributed by atoms with E-state index >= 15 is 0 Å². The number of aromatic nitrogens is 1. The molecule has 1 N–H and O–H groups in total. The summed E-state index contributed by atoms with van der Waals surface area (Å²) in [5, 5.41) is 8.99. The molecule has 0 amide bonds. The molecule has 5 nitrogen and oxygen atoms in total. The fourth-order valence-electron chi connectivity index (χ4n) is 2.31.